The Morgan fingerprint density at radius 2 is 1.61 bits per heavy atom. The minimum Gasteiger partial charge on any atom is -0.348 e. The van der Waals surface area contributed by atoms with E-state index in [0.29, 0.717) is 48.0 Å². The summed E-state index contributed by atoms with van der Waals surface area (Å²) in [6.07, 6.45) is 1.77. The van der Waals surface area contributed by atoms with Crippen LogP contribution in [-0.2, 0) is 23.1 Å². The van der Waals surface area contributed by atoms with E-state index in [1.165, 1.54) is 16.4 Å². The number of aromatic nitrogens is 2. The van der Waals surface area contributed by atoms with Crippen LogP contribution < -0.4 is 5.32 Å². The summed E-state index contributed by atoms with van der Waals surface area (Å²) >= 11 is 0. The zero-order chi connectivity index (χ0) is 23.6. The monoisotopic (exact) mass is 470 g/mol. The molecule has 174 valence electrons. The van der Waals surface area contributed by atoms with Crippen LogP contribution in [0.3, 0.4) is 0 Å². The number of hydrogen-bond acceptors (Lipinski definition) is 4. The van der Waals surface area contributed by atoms with E-state index in [9.17, 15) is 17.6 Å². The molecule has 3 aromatic rings. The van der Waals surface area contributed by atoms with E-state index in [-0.39, 0.29) is 11.7 Å². The van der Waals surface area contributed by atoms with Gasteiger partial charge >= 0.3 is 0 Å². The first-order chi connectivity index (χ1) is 15.8. The first kappa shape index (κ1) is 23.1. The van der Waals surface area contributed by atoms with Crippen molar-refractivity contribution >= 4 is 15.9 Å². The number of carbonyl (C=O) groups excluding carboxylic acids is 1. The van der Waals surface area contributed by atoms with Crippen molar-refractivity contribution in [2.24, 2.45) is 0 Å². The lowest BCUT2D eigenvalue weighted by Gasteiger charge is -2.15. The molecular formula is C24H27FN4O3S. The molecule has 1 amide bonds. The molecular weight excluding hydrogens is 443 g/mol. The quantitative estimate of drug-likeness (QED) is 0.574. The number of rotatable bonds is 7. The van der Waals surface area contributed by atoms with Gasteiger partial charge < -0.3 is 5.32 Å². The predicted molar refractivity (Wildman–Crippen MR) is 123 cm³/mol. The molecule has 0 aliphatic carbocycles. The average Bonchev–Trinajstić information content (AvgIpc) is 3.43. The lowest BCUT2D eigenvalue weighted by Crippen LogP contribution is -2.28. The van der Waals surface area contributed by atoms with Gasteiger partial charge in [-0.05, 0) is 62.1 Å². The first-order valence-electron chi connectivity index (χ1n) is 10.9. The van der Waals surface area contributed by atoms with Gasteiger partial charge in [0.05, 0.1) is 17.9 Å². The molecule has 1 saturated heterocycles. The van der Waals surface area contributed by atoms with Crippen molar-refractivity contribution in [2.75, 3.05) is 13.1 Å². The van der Waals surface area contributed by atoms with Crippen molar-refractivity contribution in [3.05, 3.63) is 82.4 Å². The van der Waals surface area contributed by atoms with E-state index >= 15 is 0 Å². The fraction of sp³-hybridized carbons (Fsp3) is 0.333. The Morgan fingerprint density at radius 1 is 1.00 bits per heavy atom. The normalized spacial score (nSPS) is 14.5. The highest BCUT2D eigenvalue weighted by atomic mass is 32.2. The molecule has 0 saturated carbocycles. The second-order valence-electron chi connectivity index (χ2n) is 8.27. The SMILES string of the molecule is Cc1nn(Cc2ccc(C(=O)NCc3ccc(F)cc3)cc2)c(C)c1S(=O)(=O)N1CCCC1. The number of amides is 1. The summed E-state index contributed by atoms with van der Waals surface area (Å²) in [4.78, 5) is 12.7. The van der Waals surface area contributed by atoms with Crippen molar-refractivity contribution in [3.8, 4) is 0 Å². The third-order valence-electron chi connectivity index (χ3n) is 5.89. The summed E-state index contributed by atoms with van der Waals surface area (Å²) in [6, 6.07) is 13.1. The Bertz CT molecular complexity index is 1250. The number of hydrogen-bond donors (Lipinski definition) is 1. The third kappa shape index (κ3) is 4.99. The molecule has 1 aromatic heterocycles. The van der Waals surface area contributed by atoms with E-state index in [4.69, 9.17) is 0 Å². The van der Waals surface area contributed by atoms with Crippen LogP contribution in [0.25, 0.3) is 0 Å². The van der Waals surface area contributed by atoms with E-state index < -0.39 is 10.0 Å². The molecule has 0 bridgehead atoms. The van der Waals surface area contributed by atoms with Crippen LogP contribution in [0.15, 0.2) is 53.4 Å². The highest BCUT2D eigenvalue weighted by Gasteiger charge is 2.32. The first-order valence-corrected chi connectivity index (χ1v) is 12.4. The smallest absolute Gasteiger partial charge is 0.251 e. The second kappa shape index (κ2) is 9.44. The fourth-order valence-electron chi connectivity index (χ4n) is 4.09. The van der Waals surface area contributed by atoms with Crippen LogP contribution in [0, 0.1) is 19.7 Å². The Kier molecular flexibility index (Phi) is 6.62. The lowest BCUT2D eigenvalue weighted by atomic mass is 10.1. The van der Waals surface area contributed by atoms with Gasteiger partial charge in [0.2, 0.25) is 10.0 Å². The Hall–Kier alpha value is -3.04. The lowest BCUT2D eigenvalue weighted by molar-refractivity contribution is 0.0951. The van der Waals surface area contributed by atoms with Gasteiger partial charge in [0.25, 0.3) is 5.91 Å². The number of benzene rings is 2. The average molecular weight is 471 g/mol. The molecule has 7 nitrogen and oxygen atoms in total. The van der Waals surface area contributed by atoms with Gasteiger partial charge in [-0.1, -0.05) is 24.3 Å². The number of sulfonamides is 1. The second-order valence-corrected chi connectivity index (χ2v) is 10.1. The Labute approximate surface area is 193 Å². The zero-order valence-corrected chi connectivity index (χ0v) is 19.5. The van der Waals surface area contributed by atoms with Crippen molar-refractivity contribution in [1.29, 1.82) is 0 Å². The highest BCUT2D eigenvalue weighted by Crippen LogP contribution is 2.26. The number of aryl methyl sites for hydroxylation is 1. The molecule has 1 fully saturated rings. The van der Waals surface area contributed by atoms with Crippen LogP contribution in [0.5, 0.6) is 0 Å². The van der Waals surface area contributed by atoms with Crippen LogP contribution >= 0.6 is 0 Å². The summed E-state index contributed by atoms with van der Waals surface area (Å²) in [7, 11) is -3.54. The minimum atomic E-state index is -3.54. The third-order valence-corrected chi connectivity index (χ3v) is 8.04. The summed E-state index contributed by atoms with van der Waals surface area (Å²) in [5.74, 6) is -0.542. The fourth-order valence-corrected chi connectivity index (χ4v) is 5.98. The van der Waals surface area contributed by atoms with Crippen LogP contribution in [0.2, 0.25) is 0 Å². The van der Waals surface area contributed by atoms with Gasteiger partial charge in [-0.25, -0.2) is 12.8 Å². The number of halogens is 1. The van der Waals surface area contributed by atoms with Gasteiger partial charge in [-0.2, -0.15) is 9.40 Å². The highest BCUT2D eigenvalue weighted by molar-refractivity contribution is 7.89. The number of carbonyl (C=O) groups is 1. The molecule has 9 heteroatoms. The van der Waals surface area contributed by atoms with Crippen molar-refractivity contribution in [1.82, 2.24) is 19.4 Å². The molecule has 0 spiro atoms. The molecule has 1 aliphatic rings. The summed E-state index contributed by atoms with van der Waals surface area (Å²) in [5, 5.41) is 7.29. The van der Waals surface area contributed by atoms with E-state index in [1.54, 1.807) is 42.8 Å². The van der Waals surface area contributed by atoms with Gasteiger partial charge in [0.15, 0.2) is 0 Å². The molecule has 0 unspecified atom stereocenters. The summed E-state index contributed by atoms with van der Waals surface area (Å²) < 4.78 is 42.3. The van der Waals surface area contributed by atoms with Crippen LogP contribution in [-0.4, -0.2) is 41.5 Å². The molecule has 2 aromatic carbocycles. The maximum absolute atomic E-state index is 13.1. The van der Waals surface area contributed by atoms with Gasteiger partial charge in [0.1, 0.15) is 10.7 Å². The Morgan fingerprint density at radius 3 is 2.24 bits per heavy atom. The molecule has 0 radical (unpaired) electrons. The van der Waals surface area contributed by atoms with E-state index in [0.717, 1.165) is 24.0 Å². The zero-order valence-electron chi connectivity index (χ0n) is 18.7. The number of nitrogens with one attached hydrogen (secondary N) is 1. The molecule has 33 heavy (non-hydrogen) atoms. The van der Waals surface area contributed by atoms with Crippen molar-refractivity contribution < 1.29 is 17.6 Å². The predicted octanol–water partition coefficient (Wildman–Crippen LogP) is 3.40. The molecule has 1 N–H and O–H groups in total. The standard InChI is InChI=1S/C24H27FN4O3S/c1-17-23(33(31,32)28-13-3-4-14-28)18(2)29(27-17)16-20-5-9-21(10-6-20)24(30)26-15-19-7-11-22(25)12-8-19/h5-12H,3-4,13-16H2,1-2H3,(H,26,30). The molecule has 4 rings (SSSR count). The van der Waals surface area contributed by atoms with Crippen molar-refractivity contribution in [2.45, 2.75) is 44.7 Å². The molecule has 1 aliphatic heterocycles. The maximum atomic E-state index is 13.1. The number of nitrogens with zero attached hydrogens (tertiary/aromatic N) is 3. The van der Waals surface area contributed by atoms with Gasteiger partial charge in [-0.3, -0.25) is 9.48 Å². The molecule has 2 heterocycles. The summed E-state index contributed by atoms with van der Waals surface area (Å²) in [6.45, 7) is 5.32. The van der Waals surface area contributed by atoms with Gasteiger partial charge in [-0.15, -0.1) is 0 Å². The van der Waals surface area contributed by atoms with Gasteiger partial charge in [0, 0.05) is 25.2 Å². The van der Waals surface area contributed by atoms with E-state index in [1.807, 2.05) is 12.1 Å². The molecule has 0 atom stereocenters. The Balaban J connectivity index is 1.44. The topological polar surface area (TPSA) is 84.3 Å². The van der Waals surface area contributed by atoms with Crippen LogP contribution in [0.1, 0.15) is 45.7 Å². The summed E-state index contributed by atoms with van der Waals surface area (Å²) in [5.41, 5.74) is 3.33. The largest absolute Gasteiger partial charge is 0.348 e. The van der Waals surface area contributed by atoms with Crippen molar-refractivity contribution in [3.63, 3.8) is 0 Å². The van der Waals surface area contributed by atoms with Crippen LogP contribution in [0.4, 0.5) is 4.39 Å². The minimum absolute atomic E-state index is 0.226. The van der Waals surface area contributed by atoms with E-state index in [2.05, 4.69) is 10.4 Å². The maximum Gasteiger partial charge on any atom is 0.251 e.